The molecule has 1 atom stereocenters. The molecule has 0 spiro atoms. The molecule has 0 aliphatic carbocycles. The van der Waals surface area contributed by atoms with Gasteiger partial charge in [-0.3, -0.25) is 9.59 Å². The van der Waals surface area contributed by atoms with Gasteiger partial charge in [0, 0.05) is 0 Å². The highest BCUT2D eigenvalue weighted by molar-refractivity contribution is 5.82. The fourth-order valence-electron chi connectivity index (χ4n) is 0.474. The minimum atomic E-state index is -1.36. The third kappa shape index (κ3) is 5.21. The molecule has 0 bridgehead atoms. The Kier molecular flexibility index (Phi) is 6.67. The highest BCUT2D eigenvalue weighted by Crippen LogP contribution is 1.90. The fourth-order valence-corrected chi connectivity index (χ4v) is 0.474. The third-order valence-electron chi connectivity index (χ3n) is 0.946. The number of rotatable bonds is 5. The number of amides is 1. The maximum absolute atomic E-state index is 10.1. The Bertz CT molecular complexity index is 179. The van der Waals surface area contributed by atoms with Crippen molar-refractivity contribution in [3.8, 4) is 0 Å². The van der Waals surface area contributed by atoms with Crippen LogP contribution in [0, 0.1) is 0 Å². The van der Waals surface area contributed by atoms with Crippen LogP contribution in [0.1, 0.15) is 13.8 Å². The normalized spacial score (nSPS) is 10.7. The van der Waals surface area contributed by atoms with Crippen molar-refractivity contribution >= 4 is 18.3 Å². The summed E-state index contributed by atoms with van der Waals surface area (Å²) in [5.74, 6) is -2.63. The lowest BCUT2D eigenvalue weighted by atomic mass is 10.2. The van der Waals surface area contributed by atoms with Crippen molar-refractivity contribution in [1.82, 2.24) is 5.32 Å². The molecule has 12 heavy (non-hydrogen) atoms. The second kappa shape index (κ2) is 6.14. The largest absolute Gasteiger partial charge is 0.481 e. The summed E-state index contributed by atoms with van der Waals surface area (Å²) in [4.78, 5) is 29.8. The molecule has 0 saturated carbocycles. The maximum Gasteiger partial charge on any atom is 0.326 e. The van der Waals surface area contributed by atoms with E-state index in [0.29, 0.717) is 0 Å². The first kappa shape index (κ1) is 13.0. The number of nitrogens with one attached hydrogen (secondary N) is 1. The van der Waals surface area contributed by atoms with E-state index in [1.165, 1.54) is 0 Å². The summed E-state index contributed by atoms with van der Waals surface area (Å²) in [6, 6.07) is -1.34. The Morgan fingerprint density at radius 1 is 1.42 bits per heavy atom. The van der Waals surface area contributed by atoms with Gasteiger partial charge in [0.15, 0.2) is 0 Å². The van der Waals surface area contributed by atoms with Crippen LogP contribution in [-0.4, -0.2) is 34.6 Å². The van der Waals surface area contributed by atoms with Crippen molar-refractivity contribution in [3.63, 3.8) is 0 Å². The van der Waals surface area contributed by atoms with Gasteiger partial charge >= 0.3 is 11.9 Å². The van der Waals surface area contributed by atoms with E-state index < -0.39 is 24.4 Å². The molecule has 0 rings (SSSR count). The van der Waals surface area contributed by atoms with Gasteiger partial charge in [0.2, 0.25) is 6.41 Å². The molecule has 0 aliphatic heterocycles. The zero-order valence-electron chi connectivity index (χ0n) is 5.48. The molecule has 0 aromatic rings. The van der Waals surface area contributed by atoms with Gasteiger partial charge in [-0.1, -0.05) is 7.43 Å². The zero-order chi connectivity index (χ0) is 8.85. The van der Waals surface area contributed by atoms with Crippen LogP contribution >= 0.6 is 0 Å². The summed E-state index contributed by atoms with van der Waals surface area (Å²) >= 11 is 0. The SMILES string of the molecule is C.O=CN[C@@H](CC(=O)O)C(=O)O. The molecule has 3 N–H and O–H groups in total. The van der Waals surface area contributed by atoms with E-state index in [0.717, 1.165) is 0 Å². The van der Waals surface area contributed by atoms with Gasteiger partial charge in [-0.15, -0.1) is 0 Å². The van der Waals surface area contributed by atoms with Gasteiger partial charge in [0.25, 0.3) is 0 Å². The Morgan fingerprint density at radius 2 is 1.92 bits per heavy atom. The van der Waals surface area contributed by atoms with Crippen molar-refractivity contribution in [2.45, 2.75) is 19.9 Å². The first-order chi connectivity index (χ1) is 5.07. The number of carboxylic acid groups (broad SMARTS) is 2. The molecule has 6 nitrogen and oxygen atoms in total. The molecular weight excluding hydrogens is 166 g/mol. The van der Waals surface area contributed by atoms with E-state index in [-0.39, 0.29) is 13.8 Å². The second-order valence-electron chi connectivity index (χ2n) is 1.77. The minimum absolute atomic E-state index is 0. The lowest BCUT2D eigenvalue weighted by Gasteiger charge is -2.06. The number of aliphatic carboxylic acids is 2. The molecular formula is C6H11NO5. The van der Waals surface area contributed by atoms with Gasteiger partial charge in [0.05, 0.1) is 6.42 Å². The van der Waals surface area contributed by atoms with Crippen LogP contribution in [-0.2, 0) is 14.4 Å². The van der Waals surface area contributed by atoms with Crippen molar-refractivity contribution in [2.24, 2.45) is 0 Å². The molecule has 0 saturated heterocycles. The topological polar surface area (TPSA) is 104 Å². The minimum Gasteiger partial charge on any atom is -0.481 e. The summed E-state index contributed by atoms with van der Waals surface area (Å²) in [5.41, 5.74) is 0. The number of carbonyl (C=O) groups excluding carboxylic acids is 1. The van der Waals surface area contributed by atoms with Gasteiger partial charge < -0.3 is 15.5 Å². The smallest absolute Gasteiger partial charge is 0.326 e. The Hall–Kier alpha value is -1.59. The van der Waals surface area contributed by atoms with Crippen LogP contribution < -0.4 is 5.32 Å². The van der Waals surface area contributed by atoms with E-state index in [9.17, 15) is 14.4 Å². The van der Waals surface area contributed by atoms with Crippen molar-refractivity contribution < 1.29 is 24.6 Å². The highest BCUT2D eigenvalue weighted by Gasteiger charge is 2.19. The summed E-state index contributed by atoms with van der Waals surface area (Å²) in [7, 11) is 0. The van der Waals surface area contributed by atoms with Gasteiger partial charge in [-0.2, -0.15) is 0 Å². The lowest BCUT2D eigenvalue weighted by molar-refractivity contribution is -0.146. The third-order valence-corrected chi connectivity index (χ3v) is 0.946. The number of carbonyl (C=O) groups is 3. The van der Waals surface area contributed by atoms with Crippen molar-refractivity contribution in [3.05, 3.63) is 0 Å². The first-order valence-corrected chi connectivity index (χ1v) is 2.72. The number of hydrogen-bond acceptors (Lipinski definition) is 3. The van der Waals surface area contributed by atoms with Crippen molar-refractivity contribution in [2.75, 3.05) is 0 Å². The molecule has 0 radical (unpaired) electrons. The summed E-state index contributed by atoms with van der Waals surface area (Å²) < 4.78 is 0. The Balaban J connectivity index is 0. The Labute approximate surface area is 69.2 Å². The monoisotopic (exact) mass is 177 g/mol. The highest BCUT2D eigenvalue weighted by atomic mass is 16.4. The average Bonchev–Trinajstić information content (AvgIpc) is 1.86. The molecule has 0 heterocycles. The molecule has 0 aromatic carbocycles. The van der Waals surface area contributed by atoms with Crippen LogP contribution in [0.2, 0.25) is 0 Å². The molecule has 0 fully saturated rings. The predicted octanol–water partition coefficient (Wildman–Crippen LogP) is -0.704. The van der Waals surface area contributed by atoms with Gasteiger partial charge in [-0.25, -0.2) is 4.79 Å². The van der Waals surface area contributed by atoms with E-state index in [1.807, 2.05) is 5.32 Å². The van der Waals surface area contributed by atoms with Crippen LogP contribution in [0.5, 0.6) is 0 Å². The fraction of sp³-hybridized carbons (Fsp3) is 0.500. The average molecular weight is 177 g/mol. The summed E-state index contributed by atoms with van der Waals surface area (Å²) in [5, 5.41) is 18.3. The predicted molar refractivity (Wildman–Crippen MR) is 39.6 cm³/mol. The van der Waals surface area contributed by atoms with E-state index in [1.54, 1.807) is 0 Å². The van der Waals surface area contributed by atoms with Crippen LogP contribution in [0.4, 0.5) is 0 Å². The summed E-state index contributed by atoms with van der Waals surface area (Å²) in [6.45, 7) is 0. The zero-order valence-corrected chi connectivity index (χ0v) is 5.48. The second-order valence-corrected chi connectivity index (χ2v) is 1.77. The standard InChI is InChI=1S/C5H7NO5.CH4/c7-2-6-3(5(10)11)1-4(8)9;/h2-3H,1H2,(H,6,7)(H,8,9)(H,10,11);1H4/t3-;/m0./s1. The number of hydrogen-bond donors (Lipinski definition) is 3. The molecule has 0 aliphatic rings. The van der Waals surface area contributed by atoms with Crippen LogP contribution in [0.15, 0.2) is 0 Å². The van der Waals surface area contributed by atoms with E-state index in [2.05, 4.69) is 0 Å². The van der Waals surface area contributed by atoms with E-state index >= 15 is 0 Å². The molecule has 6 heteroatoms. The molecule has 0 aromatic heterocycles. The maximum atomic E-state index is 10.1. The molecule has 70 valence electrons. The van der Waals surface area contributed by atoms with Crippen LogP contribution in [0.25, 0.3) is 0 Å². The van der Waals surface area contributed by atoms with Gasteiger partial charge in [-0.05, 0) is 0 Å². The number of carboxylic acids is 2. The Morgan fingerprint density at radius 3 is 2.17 bits per heavy atom. The quantitative estimate of drug-likeness (QED) is 0.481. The van der Waals surface area contributed by atoms with Crippen LogP contribution in [0.3, 0.4) is 0 Å². The first-order valence-electron chi connectivity index (χ1n) is 2.72. The van der Waals surface area contributed by atoms with Gasteiger partial charge in [0.1, 0.15) is 6.04 Å². The van der Waals surface area contributed by atoms with E-state index in [4.69, 9.17) is 10.2 Å². The molecule has 1 amide bonds. The van der Waals surface area contributed by atoms with Crippen molar-refractivity contribution in [1.29, 1.82) is 0 Å². The summed E-state index contributed by atoms with van der Waals surface area (Å²) in [6.07, 6.45) is -0.463. The lowest BCUT2D eigenvalue weighted by Crippen LogP contribution is -2.37. The molecule has 0 unspecified atom stereocenters.